The second kappa shape index (κ2) is 10.9. The molecule has 0 radical (unpaired) electrons. The lowest BCUT2D eigenvalue weighted by atomic mass is 9.98. The summed E-state index contributed by atoms with van der Waals surface area (Å²) >= 11 is 0. The number of benzene rings is 2. The van der Waals surface area contributed by atoms with Crippen molar-refractivity contribution < 1.29 is 22.8 Å². The molecule has 1 atom stereocenters. The number of fused-ring (bicyclic) bond motifs is 1. The average molecular weight is 504 g/mol. The molecule has 1 amide bonds. The highest BCUT2D eigenvalue weighted by atomic mass is 19.4. The van der Waals surface area contributed by atoms with Crippen LogP contribution in [0.3, 0.4) is 0 Å². The summed E-state index contributed by atoms with van der Waals surface area (Å²) in [6, 6.07) is 8.96. The van der Waals surface area contributed by atoms with Gasteiger partial charge in [0.15, 0.2) is 0 Å². The van der Waals surface area contributed by atoms with Crippen molar-refractivity contribution in [3.8, 4) is 0 Å². The number of aromatic nitrogens is 2. The maximum absolute atomic E-state index is 12.8. The normalized spacial score (nSPS) is 12.5. The van der Waals surface area contributed by atoms with Crippen molar-refractivity contribution in [3.63, 3.8) is 0 Å². The molecule has 0 bridgehead atoms. The Hall–Kier alpha value is -3.69. The summed E-state index contributed by atoms with van der Waals surface area (Å²) < 4.78 is 40.7. The summed E-state index contributed by atoms with van der Waals surface area (Å²) in [5.41, 5.74) is -0.328. The third kappa shape index (κ3) is 5.92. The van der Waals surface area contributed by atoms with Gasteiger partial charge in [-0.3, -0.25) is 23.5 Å². The summed E-state index contributed by atoms with van der Waals surface area (Å²) in [6.07, 6.45) is -4.22. The molecule has 0 aliphatic carbocycles. The molecule has 10 heteroatoms. The van der Waals surface area contributed by atoms with E-state index in [0.29, 0.717) is 23.0 Å². The van der Waals surface area contributed by atoms with Gasteiger partial charge in [-0.15, -0.1) is 0 Å². The molecular weight excluding hydrogens is 475 g/mol. The van der Waals surface area contributed by atoms with Crippen LogP contribution in [0.25, 0.3) is 10.9 Å². The van der Waals surface area contributed by atoms with Crippen molar-refractivity contribution in [2.75, 3.05) is 6.54 Å². The monoisotopic (exact) mass is 503 g/mol. The fourth-order valence-electron chi connectivity index (χ4n) is 4.11. The molecule has 2 aromatic carbocycles. The zero-order valence-corrected chi connectivity index (χ0v) is 20.3. The molecule has 0 fully saturated rings. The largest absolute Gasteiger partial charge is 0.416 e. The summed E-state index contributed by atoms with van der Waals surface area (Å²) in [5.74, 6) is -0.823. The number of amides is 1. The van der Waals surface area contributed by atoms with Gasteiger partial charge in [-0.25, -0.2) is 4.79 Å². The molecule has 7 nitrogen and oxygen atoms in total. The van der Waals surface area contributed by atoms with Crippen LogP contribution in [0.4, 0.5) is 13.2 Å². The van der Waals surface area contributed by atoms with Crippen LogP contribution in [0.15, 0.2) is 52.1 Å². The number of carbonyl (C=O) groups is 2. The number of alkyl halides is 3. The van der Waals surface area contributed by atoms with Crippen LogP contribution in [0.2, 0.25) is 0 Å². The van der Waals surface area contributed by atoms with Gasteiger partial charge < -0.3 is 5.32 Å². The van der Waals surface area contributed by atoms with Gasteiger partial charge in [0.1, 0.15) is 5.78 Å². The first-order valence-electron chi connectivity index (χ1n) is 11.7. The number of nitrogens with one attached hydrogen (secondary N) is 1. The Morgan fingerprint density at radius 1 is 0.972 bits per heavy atom. The molecule has 0 aliphatic rings. The van der Waals surface area contributed by atoms with Crippen LogP contribution in [0, 0.1) is 5.92 Å². The van der Waals surface area contributed by atoms with Gasteiger partial charge in [-0.1, -0.05) is 13.0 Å². The van der Waals surface area contributed by atoms with Gasteiger partial charge in [-0.2, -0.15) is 13.2 Å². The maximum Gasteiger partial charge on any atom is 0.416 e. The lowest BCUT2D eigenvalue weighted by molar-refractivity contribution is -0.137. The molecular formula is C26H28F3N3O4. The highest BCUT2D eigenvalue weighted by Crippen LogP contribution is 2.29. The number of hydrogen-bond donors (Lipinski definition) is 1. The third-order valence-corrected chi connectivity index (χ3v) is 5.98. The number of nitrogens with zero attached hydrogens (tertiary/aromatic N) is 2. The van der Waals surface area contributed by atoms with E-state index in [0.717, 1.165) is 24.3 Å². The second-order valence-electron chi connectivity index (χ2n) is 8.74. The minimum atomic E-state index is -4.47. The molecule has 192 valence electrons. The summed E-state index contributed by atoms with van der Waals surface area (Å²) in [4.78, 5) is 50.1. The highest BCUT2D eigenvalue weighted by molar-refractivity contribution is 5.94. The lowest BCUT2D eigenvalue weighted by Gasteiger charge is -2.14. The van der Waals surface area contributed by atoms with Gasteiger partial charge in [0, 0.05) is 38.0 Å². The standard InChI is InChI=1S/C26H28F3N3O4/c1-4-31-22-11-6-17(14-21(22)24(35)32(5-2)25(31)36)13-20(33)12-16(3)15-30-23(34)18-7-9-19(10-8-18)26(27,28)29/h6-11,14,16H,4-5,12-13,15H2,1-3H3,(H,30,34). The minimum absolute atomic E-state index is 0.0872. The Balaban J connectivity index is 1.63. The van der Waals surface area contributed by atoms with E-state index in [1.807, 2.05) is 6.92 Å². The van der Waals surface area contributed by atoms with Crippen LogP contribution < -0.4 is 16.6 Å². The van der Waals surface area contributed by atoms with Crippen molar-refractivity contribution >= 4 is 22.6 Å². The van der Waals surface area contributed by atoms with Gasteiger partial charge in [0.25, 0.3) is 11.5 Å². The van der Waals surface area contributed by atoms with Crippen LogP contribution in [0.5, 0.6) is 0 Å². The molecule has 1 N–H and O–H groups in total. The first kappa shape index (κ1) is 26.9. The number of carbonyl (C=O) groups excluding carboxylic acids is 2. The van der Waals surface area contributed by atoms with Crippen molar-refractivity contribution in [1.82, 2.24) is 14.5 Å². The van der Waals surface area contributed by atoms with Crippen molar-refractivity contribution in [1.29, 1.82) is 0 Å². The fraction of sp³-hybridized carbons (Fsp3) is 0.385. The third-order valence-electron chi connectivity index (χ3n) is 5.98. The van der Waals surface area contributed by atoms with Crippen LogP contribution >= 0.6 is 0 Å². The average Bonchev–Trinajstić information content (AvgIpc) is 2.83. The van der Waals surface area contributed by atoms with Gasteiger partial charge in [0.2, 0.25) is 0 Å². The molecule has 0 aliphatic heterocycles. The van der Waals surface area contributed by atoms with Crippen LogP contribution in [0.1, 0.15) is 48.7 Å². The number of Topliss-reactive ketones (excluding diaryl/α,β-unsaturated/α-hetero) is 1. The Morgan fingerprint density at radius 3 is 2.19 bits per heavy atom. The van der Waals surface area contributed by atoms with Crippen molar-refractivity contribution in [3.05, 3.63) is 80.0 Å². The fourth-order valence-corrected chi connectivity index (χ4v) is 4.11. The molecule has 3 rings (SSSR count). The van der Waals surface area contributed by atoms with Gasteiger partial charge >= 0.3 is 11.9 Å². The molecule has 1 unspecified atom stereocenters. The van der Waals surface area contributed by atoms with E-state index in [1.54, 1.807) is 32.0 Å². The maximum atomic E-state index is 12.8. The Morgan fingerprint density at radius 2 is 1.61 bits per heavy atom. The SMILES string of the molecule is CCn1c(=O)c2cc(CC(=O)CC(C)CNC(=O)c3ccc(C(F)(F)F)cc3)ccc2n(CC)c1=O. The van der Waals surface area contributed by atoms with Crippen molar-refractivity contribution in [2.24, 2.45) is 5.92 Å². The van der Waals surface area contributed by atoms with Gasteiger partial charge in [0.05, 0.1) is 16.5 Å². The van der Waals surface area contributed by atoms with E-state index in [4.69, 9.17) is 0 Å². The van der Waals surface area contributed by atoms with E-state index >= 15 is 0 Å². The Kier molecular flexibility index (Phi) is 8.17. The predicted octanol–water partition coefficient (Wildman–Crippen LogP) is 3.79. The summed E-state index contributed by atoms with van der Waals surface area (Å²) in [6.45, 7) is 6.15. The summed E-state index contributed by atoms with van der Waals surface area (Å²) in [5, 5.41) is 3.01. The topological polar surface area (TPSA) is 90.2 Å². The molecule has 1 heterocycles. The number of halogens is 3. The zero-order chi connectivity index (χ0) is 26.6. The predicted molar refractivity (Wildman–Crippen MR) is 130 cm³/mol. The van der Waals surface area contributed by atoms with E-state index in [9.17, 15) is 32.3 Å². The number of rotatable bonds is 9. The Bertz CT molecular complexity index is 1390. The van der Waals surface area contributed by atoms with Crippen LogP contribution in [-0.2, 0) is 30.5 Å². The molecule has 0 spiro atoms. The smallest absolute Gasteiger partial charge is 0.352 e. The number of hydrogen-bond acceptors (Lipinski definition) is 4. The zero-order valence-electron chi connectivity index (χ0n) is 20.3. The summed E-state index contributed by atoms with van der Waals surface area (Å²) in [7, 11) is 0. The van der Waals surface area contributed by atoms with Gasteiger partial charge in [-0.05, 0) is 61.7 Å². The number of aryl methyl sites for hydroxylation is 1. The molecule has 1 aromatic heterocycles. The molecule has 0 saturated carbocycles. The first-order chi connectivity index (χ1) is 17.0. The highest BCUT2D eigenvalue weighted by Gasteiger charge is 2.30. The van der Waals surface area contributed by atoms with Crippen LogP contribution in [-0.4, -0.2) is 27.4 Å². The second-order valence-corrected chi connectivity index (χ2v) is 8.74. The van der Waals surface area contributed by atoms with Crippen molar-refractivity contribution in [2.45, 2.75) is 52.9 Å². The molecule has 3 aromatic rings. The van der Waals surface area contributed by atoms with E-state index in [1.165, 1.54) is 9.13 Å². The number of ketones is 1. The van der Waals surface area contributed by atoms with E-state index < -0.39 is 23.2 Å². The van der Waals surface area contributed by atoms with E-state index in [2.05, 4.69) is 5.32 Å². The quantitative estimate of drug-likeness (QED) is 0.481. The lowest BCUT2D eigenvalue weighted by Crippen LogP contribution is -2.39. The first-order valence-corrected chi connectivity index (χ1v) is 11.7. The molecule has 0 saturated heterocycles. The minimum Gasteiger partial charge on any atom is -0.352 e. The van der Waals surface area contributed by atoms with E-state index in [-0.39, 0.29) is 48.9 Å². The molecule has 36 heavy (non-hydrogen) atoms. The Labute approximate surface area is 205 Å².